The molecule has 4 rings (SSSR count). The van der Waals surface area contributed by atoms with Gasteiger partial charge in [0.1, 0.15) is 0 Å². The third kappa shape index (κ3) is 1.90. The molecule has 0 aliphatic heterocycles. The Bertz CT molecular complexity index is 779. The van der Waals surface area contributed by atoms with Gasteiger partial charge in [-0.3, -0.25) is 4.98 Å². The topological polar surface area (TPSA) is 82.5 Å². The number of nitrogen functional groups attached to an aromatic ring is 1. The second kappa shape index (κ2) is 4.45. The third-order valence-electron chi connectivity index (χ3n) is 3.30. The number of nitrogens with zero attached hydrogens (tertiary/aromatic N) is 5. The van der Waals surface area contributed by atoms with Crippen LogP contribution in [-0.4, -0.2) is 25.2 Å². The van der Waals surface area contributed by atoms with Crippen LogP contribution >= 0.6 is 11.8 Å². The minimum atomic E-state index is 0.446. The van der Waals surface area contributed by atoms with Crippen LogP contribution in [0.2, 0.25) is 0 Å². The highest BCUT2D eigenvalue weighted by molar-refractivity contribution is 7.99. The van der Waals surface area contributed by atoms with E-state index in [-0.39, 0.29) is 0 Å². The fraction of sp³-hybridized carbons (Fsp3) is 0.231. The standard InChI is InChI=1S/C13H12N6S/c14-10-7-15-11-4-2-1-3-9(11)12(10)20-13-16-17-18-19(13)8-5-6-8/h1-4,7-8H,5-6,14H2. The van der Waals surface area contributed by atoms with E-state index in [9.17, 15) is 0 Å². The second-order valence-electron chi connectivity index (χ2n) is 4.80. The summed E-state index contributed by atoms with van der Waals surface area (Å²) in [6.45, 7) is 0. The molecule has 0 bridgehead atoms. The zero-order chi connectivity index (χ0) is 13.5. The first kappa shape index (κ1) is 11.7. The van der Waals surface area contributed by atoms with E-state index in [2.05, 4.69) is 20.5 Å². The largest absolute Gasteiger partial charge is 0.397 e. The Balaban J connectivity index is 1.81. The molecular weight excluding hydrogens is 272 g/mol. The normalized spacial score (nSPS) is 14.8. The number of pyridine rings is 1. The Morgan fingerprint density at radius 1 is 1.25 bits per heavy atom. The quantitative estimate of drug-likeness (QED) is 0.794. The molecule has 7 heteroatoms. The van der Waals surface area contributed by atoms with Crippen LogP contribution < -0.4 is 5.73 Å². The van der Waals surface area contributed by atoms with Gasteiger partial charge in [-0.2, -0.15) is 0 Å². The molecule has 0 radical (unpaired) electrons. The summed E-state index contributed by atoms with van der Waals surface area (Å²) in [5, 5.41) is 13.8. The highest BCUT2D eigenvalue weighted by atomic mass is 32.2. The molecule has 2 aromatic heterocycles. The molecule has 1 aromatic carbocycles. The van der Waals surface area contributed by atoms with Gasteiger partial charge in [-0.05, 0) is 41.1 Å². The van der Waals surface area contributed by atoms with Gasteiger partial charge in [0, 0.05) is 10.3 Å². The molecule has 0 saturated heterocycles. The molecule has 1 saturated carbocycles. The summed E-state index contributed by atoms with van der Waals surface area (Å²) in [4.78, 5) is 5.31. The van der Waals surface area contributed by atoms with Gasteiger partial charge < -0.3 is 5.73 Å². The van der Waals surface area contributed by atoms with Gasteiger partial charge in [0.15, 0.2) is 0 Å². The summed E-state index contributed by atoms with van der Waals surface area (Å²) in [6.07, 6.45) is 3.98. The number of aromatic nitrogens is 5. The lowest BCUT2D eigenvalue weighted by Gasteiger charge is -2.08. The first-order chi connectivity index (χ1) is 9.83. The van der Waals surface area contributed by atoms with Crippen LogP contribution in [0.1, 0.15) is 18.9 Å². The van der Waals surface area contributed by atoms with E-state index in [0.717, 1.165) is 33.8 Å². The molecule has 1 fully saturated rings. The van der Waals surface area contributed by atoms with E-state index in [1.807, 2.05) is 28.9 Å². The molecule has 2 heterocycles. The van der Waals surface area contributed by atoms with Gasteiger partial charge in [-0.1, -0.05) is 18.2 Å². The third-order valence-corrected chi connectivity index (χ3v) is 4.41. The lowest BCUT2D eigenvalue weighted by Crippen LogP contribution is -1.99. The molecule has 6 nitrogen and oxygen atoms in total. The Labute approximate surface area is 119 Å². The Kier molecular flexibility index (Phi) is 2.59. The molecule has 0 atom stereocenters. The fourth-order valence-corrected chi connectivity index (χ4v) is 3.13. The van der Waals surface area contributed by atoms with Crippen LogP contribution in [0.15, 0.2) is 40.5 Å². The minimum absolute atomic E-state index is 0.446. The predicted molar refractivity (Wildman–Crippen MR) is 76.4 cm³/mol. The van der Waals surface area contributed by atoms with E-state index in [4.69, 9.17) is 5.73 Å². The average Bonchev–Trinajstić information content (AvgIpc) is 3.22. The molecule has 1 aliphatic carbocycles. The highest BCUT2D eigenvalue weighted by Gasteiger charge is 2.28. The summed E-state index contributed by atoms with van der Waals surface area (Å²) >= 11 is 1.51. The lowest BCUT2D eigenvalue weighted by molar-refractivity contribution is 0.565. The molecule has 2 N–H and O–H groups in total. The summed E-state index contributed by atoms with van der Waals surface area (Å²) in [5.74, 6) is 0. The SMILES string of the molecule is Nc1cnc2ccccc2c1Sc1nnnn1C1CC1. The summed E-state index contributed by atoms with van der Waals surface area (Å²) in [7, 11) is 0. The lowest BCUT2D eigenvalue weighted by atomic mass is 10.2. The zero-order valence-corrected chi connectivity index (χ0v) is 11.4. The van der Waals surface area contributed by atoms with Crippen molar-refractivity contribution >= 4 is 28.4 Å². The van der Waals surface area contributed by atoms with Crippen LogP contribution in [0.4, 0.5) is 5.69 Å². The van der Waals surface area contributed by atoms with E-state index in [1.165, 1.54) is 11.8 Å². The van der Waals surface area contributed by atoms with Crippen molar-refractivity contribution in [1.29, 1.82) is 0 Å². The number of tetrazole rings is 1. The van der Waals surface area contributed by atoms with Crippen molar-refractivity contribution in [2.45, 2.75) is 28.9 Å². The van der Waals surface area contributed by atoms with E-state index in [1.54, 1.807) is 6.20 Å². The molecule has 0 unspecified atom stereocenters. The first-order valence-electron chi connectivity index (χ1n) is 6.42. The van der Waals surface area contributed by atoms with Crippen LogP contribution in [-0.2, 0) is 0 Å². The van der Waals surface area contributed by atoms with E-state index >= 15 is 0 Å². The summed E-state index contributed by atoms with van der Waals surface area (Å²) in [5.41, 5.74) is 7.66. The second-order valence-corrected chi connectivity index (χ2v) is 5.78. The number of nitrogens with two attached hydrogens (primary N) is 1. The van der Waals surface area contributed by atoms with E-state index < -0.39 is 0 Å². The molecular formula is C13H12N6S. The monoisotopic (exact) mass is 284 g/mol. The fourth-order valence-electron chi connectivity index (χ4n) is 2.14. The van der Waals surface area contributed by atoms with Gasteiger partial charge in [0.25, 0.3) is 0 Å². The van der Waals surface area contributed by atoms with Gasteiger partial charge >= 0.3 is 0 Å². The number of hydrogen-bond donors (Lipinski definition) is 1. The molecule has 0 amide bonds. The summed E-state index contributed by atoms with van der Waals surface area (Å²) in [6, 6.07) is 8.39. The van der Waals surface area contributed by atoms with Gasteiger partial charge in [0.2, 0.25) is 5.16 Å². The maximum atomic E-state index is 6.08. The number of benzene rings is 1. The summed E-state index contributed by atoms with van der Waals surface area (Å²) < 4.78 is 1.89. The van der Waals surface area contributed by atoms with Crippen molar-refractivity contribution in [3.8, 4) is 0 Å². The van der Waals surface area contributed by atoms with Crippen molar-refractivity contribution in [2.75, 3.05) is 5.73 Å². The predicted octanol–water partition coefficient (Wildman–Crippen LogP) is 2.29. The van der Waals surface area contributed by atoms with Crippen molar-refractivity contribution in [2.24, 2.45) is 0 Å². The number of hydrogen-bond acceptors (Lipinski definition) is 6. The van der Waals surface area contributed by atoms with Gasteiger partial charge in [0.05, 0.1) is 23.4 Å². The number of anilines is 1. The molecule has 1 aliphatic rings. The smallest absolute Gasteiger partial charge is 0.214 e. The average molecular weight is 284 g/mol. The maximum Gasteiger partial charge on any atom is 0.214 e. The first-order valence-corrected chi connectivity index (χ1v) is 7.23. The van der Waals surface area contributed by atoms with Gasteiger partial charge in [-0.15, -0.1) is 5.10 Å². The van der Waals surface area contributed by atoms with Crippen molar-refractivity contribution < 1.29 is 0 Å². The number of rotatable bonds is 3. The Hall–Kier alpha value is -2.15. The van der Waals surface area contributed by atoms with Crippen molar-refractivity contribution in [3.63, 3.8) is 0 Å². The number of fused-ring (bicyclic) bond motifs is 1. The molecule has 0 spiro atoms. The van der Waals surface area contributed by atoms with Crippen molar-refractivity contribution in [3.05, 3.63) is 30.5 Å². The van der Waals surface area contributed by atoms with Crippen LogP contribution in [0.25, 0.3) is 10.9 Å². The van der Waals surface area contributed by atoms with Crippen LogP contribution in [0.3, 0.4) is 0 Å². The maximum absolute atomic E-state index is 6.08. The molecule has 100 valence electrons. The van der Waals surface area contributed by atoms with E-state index in [0.29, 0.717) is 11.7 Å². The molecule has 3 aromatic rings. The number of para-hydroxylation sites is 1. The Morgan fingerprint density at radius 2 is 2.10 bits per heavy atom. The molecule has 20 heavy (non-hydrogen) atoms. The van der Waals surface area contributed by atoms with Gasteiger partial charge in [-0.25, -0.2) is 4.68 Å². The highest BCUT2D eigenvalue weighted by Crippen LogP contribution is 2.40. The Morgan fingerprint density at radius 3 is 2.95 bits per heavy atom. The van der Waals surface area contributed by atoms with Crippen LogP contribution in [0.5, 0.6) is 0 Å². The minimum Gasteiger partial charge on any atom is -0.397 e. The zero-order valence-electron chi connectivity index (χ0n) is 10.6. The van der Waals surface area contributed by atoms with Crippen molar-refractivity contribution in [1.82, 2.24) is 25.2 Å². The van der Waals surface area contributed by atoms with Crippen LogP contribution in [0, 0.1) is 0 Å².